The van der Waals surface area contributed by atoms with Crippen molar-refractivity contribution in [2.75, 3.05) is 0 Å². The van der Waals surface area contributed by atoms with Gasteiger partial charge in [0, 0.05) is 6.04 Å². The number of benzene rings is 1. The fourth-order valence-electron chi connectivity index (χ4n) is 1.42. The van der Waals surface area contributed by atoms with E-state index < -0.39 is 5.82 Å². The Morgan fingerprint density at radius 2 is 1.94 bits per heavy atom. The van der Waals surface area contributed by atoms with Crippen molar-refractivity contribution in [3.05, 3.63) is 34.6 Å². The summed E-state index contributed by atoms with van der Waals surface area (Å²) in [6.07, 6.45) is 1.97. The van der Waals surface area contributed by atoms with Crippen LogP contribution in [0.15, 0.2) is 18.2 Å². The van der Waals surface area contributed by atoms with Crippen molar-refractivity contribution < 1.29 is 4.39 Å². The molecule has 0 fully saturated rings. The van der Waals surface area contributed by atoms with Crippen molar-refractivity contribution in [2.24, 2.45) is 11.7 Å². The van der Waals surface area contributed by atoms with Crippen LogP contribution in [0.1, 0.15) is 38.3 Å². The van der Waals surface area contributed by atoms with Gasteiger partial charge in [0.05, 0.1) is 5.02 Å². The number of hydrogen-bond donors (Lipinski definition) is 1. The van der Waals surface area contributed by atoms with Gasteiger partial charge in [0.2, 0.25) is 0 Å². The molecule has 1 aromatic rings. The third-order valence-electron chi connectivity index (χ3n) is 2.43. The van der Waals surface area contributed by atoms with E-state index in [0.29, 0.717) is 5.92 Å². The number of nitrogens with two attached hydrogens (primary N) is 1. The summed E-state index contributed by atoms with van der Waals surface area (Å²) in [5, 5.41) is 0.146. The first-order chi connectivity index (χ1) is 7.00. The maximum absolute atomic E-state index is 12.9. The Morgan fingerprint density at radius 3 is 2.44 bits per heavy atom. The van der Waals surface area contributed by atoms with Crippen LogP contribution in [0.2, 0.25) is 5.02 Å². The van der Waals surface area contributed by atoms with Gasteiger partial charge in [0.25, 0.3) is 0 Å². The molecule has 0 aliphatic rings. The molecule has 1 aromatic carbocycles. The third kappa shape index (κ3) is 4.69. The molecule has 2 N–H and O–H groups in total. The van der Waals surface area contributed by atoms with Gasteiger partial charge < -0.3 is 5.73 Å². The van der Waals surface area contributed by atoms with Crippen molar-refractivity contribution in [3.63, 3.8) is 0 Å². The van der Waals surface area contributed by atoms with Crippen LogP contribution in [0, 0.1) is 11.7 Å². The van der Waals surface area contributed by atoms with E-state index in [1.807, 2.05) is 0 Å². The zero-order valence-corrected chi connectivity index (χ0v) is 11.1. The summed E-state index contributed by atoms with van der Waals surface area (Å²) in [6, 6.07) is 4.63. The Morgan fingerprint density at radius 1 is 1.31 bits per heavy atom. The van der Waals surface area contributed by atoms with E-state index >= 15 is 0 Å². The van der Waals surface area contributed by atoms with E-state index in [-0.39, 0.29) is 23.5 Å². The van der Waals surface area contributed by atoms with Crippen LogP contribution in [0.5, 0.6) is 0 Å². The van der Waals surface area contributed by atoms with E-state index in [1.54, 1.807) is 12.1 Å². The monoisotopic (exact) mass is 265 g/mol. The lowest BCUT2D eigenvalue weighted by molar-refractivity contribution is 0.506. The molecule has 0 saturated carbocycles. The van der Waals surface area contributed by atoms with Crippen LogP contribution in [-0.2, 0) is 0 Å². The Labute approximate surface area is 108 Å². The van der Waals surface area contributed by atoms with Gasteiger partial charge >= 0.3 is 0 Å². The second-order valence-corrected chi connectivity index (χ2v) is 4.66. The van der Waals surface area contributed by atoms with E-state index in [1.165, 1.54) is 6.07 Å². The quantitative estimate of drug-likeness (QED) is 0.862. The van der Waals surface area contributed by atoms with Crippen molar-refractivity contribution in [2.45, 2.75) is 32.7 Å². The van der Waals surface area contributed by atoms with Gasteiger partial charge in [-0.05, 0) is 36.5 Å². The van der Waals surface area contributed by atoms with Gasteiger partial charge in [-0.3, -0.25) is 0 Å². The molecule has 1 nitrogen and oxygen atoms in total. The molecule has 16 heavy (non-hydrogen) atoms. The topological polar surface area (TPSA) is 26.0 Å². The zero-order valence-electron chi connectivity index (χ0n) is 9.54. The van der Waals surface area contributed by atoms with Crippen LogP contribution < -0.4 is 5.73 Å². The Kier molecular flexibility index (Phi) is 6.96. The first-order valence-electron chi connectivity index (χ1n) is 5.21. The Hall–Kier alpha value is -0.310. The molecule has 0 heterocycles. The van der Waals surface area contributed by atoms with E-state index in [9.17, 15) is 4.39 Å². The Balaban J connectivity index is 0.00000225. The summed E-state index contributed by atoms with van der Waals surface area (Å²) in [4.78, 5) is 0. The van der Waals surface area contributed by atoms with Crippen molar-refractivity contribution in [1.82, 2.24) is 0 Å². The number of hydrogen-bond acceptors (Lipinski definition) is 1. The highest BCUT2D eigenvalue weighted by Gasteiger charge is 2.09. The first-order valence-corrected chi connectivity index (χ1v) is 5.59. The van der Waals surface area contributed by atoms with Crippen LogP contribution in [0.4, 0.5) is 4.39 Å². The molecule has 0 spiro atoms. The summed E-state index contributed by atoms with van der Waals surface area (Å²) < 4.78 is 12.9. The summed E-state index contributed by atoms with van der Waals surface area (Å²) in [6.45, 7) is 4.31. The smallest absolute Gasteiger partial charge is 0.141 e. The van der Waals surface area contributed by atoms with Crippen molar-refractivity contribution >= 4 is 24.0 Å². The molecule has 92 valence electrons. The number of rotatable bonds is 4. The minimum atomic E-state index is -0.392. The van der Waals surface area contributed by atoms with Gasteiger partial charge in [-0.1, -0.05) is 31.5 Å². The fourth-order valence-corrected chi connectivity index (χ4v) is 1.61. The molecule has 0 bridgehead atoms. The van der Waals surface area contributed by atoms with Crippen molar-refractivity contribution in [1.29, 1.82) is 0 Å². The van der Waals surface area contributed by atoms with Gasteiger partial charge in [-0.2, -0.15) is 0 Å². The predicted molar refractivity (Wildman–Crippen MR) is 69.7 cm³/mol. The predicted octanol–water partition coefficient (Wildman–Crippen LogP) is 4.34. The minimum Gasteiger partial charge on any atom is -0.324 e. The molecule has 0 amide bonds. The molecule has 0 saturated heterocycles. The van der Waals surface area contributed by atoms with Gasteiger partial charge in [-0.25, -0.2) is 4.39 Å². The molecule has 4 heteroatoms. The summed E-state index contributed by atoms with van der Waals surface area (Å²) in [5.74, 6) is 0.239. The van der Waals surface area contributed by atoms with Crippen LogP contribution in [-0.4, -0.2) is 0 Å². The summed E-state index contributed by atoms with van der Waals surface area (Å²) in [7, 11) is 0. The molecular weight excluding hydrogens is 248 g/mol. The fraction of sp³-hybridized carbons (Fsp3) is 0.500. The normalized spacial score (nSPS) is 12.4. The van der Waals surface area contributed by atoms with Crippen LogP contribution in [0.25, 0.3) is 0 Å². The highest BCUT2D eigenvalue weighted by molar-refractivity contribution is 6.30. The van der Waals surface area contributed by atoms with Crippen LogP contribution >= 0.6 is 24.0 Å². The summed E-state index contributed by atoms with van der Waals surface area (Å²) >= 11 is 5.69. The SMILES string of the molecule is CC(C)CC[C@H](N)c1ccc(F)c(Cl)c1.Cl. The Bertz CT molecular complexity index is 329. The lowest BCUT2D eigenvalue weighted by Gasteiger charge is -2.13. The molecule has 0 radical (unpaired) electrons. The molecule has 1 rings (SSSR count). The lowest BCUT2D eigenvalue weighted by Crippen LogP contribution is -2.11. The average molecular weight is 266 g/mol. The van der Waals surface area contributed by atoms with E-state index in [0.717, 1.165) is 18.4 Å². The average Bonchev–Trinajstić information content (AvgIpc) is 2.18. The van der Waals surface area contributed by atoms with Gasteiger partial charge in [-0.15, -0.1) is 12.4 Å². The third-order valence-corrected chi connectivity index (χ3v) is 2.72. The largest absolute Gasteiger partial charge is 0.324 e. The molecule has 0 aliphatic heterocycles. The van der Waals surface area contributed by atoms with Crippen molar-refractivity contribution in [3.8, 4) is 0 Å². The molecular formula is C12H18Cl2FN. The maximum atomic E-state index is 12.9. The maximum Gasteiger partial charge on any atom is 0.141 e. The first kappa shape index (κ1) is 15.7. The second-order valence-electron chi connectivity index (χ2n) is 4.25. The van der Waals surface area contributed by atoms with Crippen LogP contribution in [0.3, 0.4) is 0 Å². The molecule has 0 unspecified atom stereocenters. The molecule has 1 atom stereocenters. The van der Waals surface area contributed by atoms with E-state index in [4.69, 9.17) is 17.3 Å². The van der Waals surface area contributed by atoms with E-state index in [2.05, 4.69) is 13.8 Å². The molecule has 0 aromatic heterocycles. The summed E-state index contributed by atoms with van der Waals surface area (Å²) in [5.41, 5.74) is 6.89. The minimum absolute atomic E-state index is 0. The lowest BCUT2D eigenvalue weighted by atomic mass is 9.98. The zero-order chi connectivity index (χ0) is 11.4. The standard InChI is InChI=1S/C12H17ClFN.ClH/c1-8(2)3-6-12(15)9-4-5-11(14)10(13)7-9;/h4-5,7-8,12H,3,6,15H2,1-2H3;1H/t12-;/m0./s1. The number of halogens is 3. The second kappa shape index (κ2) is 7.10. The highest BCUT2D eigenvalue weighted by Crippen LogP contribution is 2.23. The highest BCUT2D eigenvalue weighted by atomic mass is 35.5. The molecule has 0 aliphatic carbocycles. The van der Waals surface area contributed by atoms with Gasteiger partial charge in [0.1, 0.15) is 5.82 Å². The van der Waals surface area contributed by atoms with Gasteiger partial charge in [0.15, 0.2) is 0 Å².